The van der Waals surface area contributed by atoms with Crippen molar-refractivity contribution in [2.75, 3.05) is 0 Å². The molecule has 0 amide bonds. The van der Waals surface area contributed by atoms with E-state index in [1.54, 1.807) is 0 Å². The number of hydrogen-bond acceptors (Lipinski definition) is 2. The lowest BCUT2D eigenvalue weighted by atomic mass is 9.84. The van der Waals surface area contributed by atoms with Crippen LogP contribution < -0.4 is 0 Å². The number of thiophene rings is 1. The van der Waals surface area contributed by atoms with Gasteiger partial charge in [0.1, 0.15) is 4.34 Å². The predicted molar refractivity (Wildman–Crippen MR) is 62.3 cm³/mol. The van der Waals surface area contributed by atoms with Crippen molar-refractivity contribution in [3.63, 3.8) is 0 Å². The van der Waals surface area contributed by atoms with Crippen LogP contribution in [0.4, 0.5) is 0 Å². The molecule has 0 saturated carbocycles. The highest BCUT2D eigenvalue weighted by Crippen LogP contribution is 2.44. The maximum atomic E-state index is 11.1. The standard InChI is InChI=1S/C11H13ClO2S/c1-2-6-4-3-5-7-8(6)9(11(13)14)10(12)15-7/h6H,2-5H2,1H3,(H,13,14). The summed E-state index contributed by atoms with van der Waals surface area (Å²) >= 11 is 7.44. The third-order valence-electron chi connectivity index (χ3n) is 3.05. The van der Waals surface area contributed by atoms with Crippen molar-refractivity contribution in [2.45, 2.75) is 38.5 Å². The number of rotatable bonds is 2. The summed E-state index contributed by atoms with van der Waals surface area (Å²) in [6, 6.07) is 0. The number of halogens is 1. The number of hydrogen-bond donors (Lipinski definition) is 1. The fourth-order valence-corrected chi connectivity index (χ4v) is 3.94. The molecule has 1 aromatic rings. The number of aryl methyl sites for hydroxylation is 1. The van der Waals surface area contributed by atoms with Crippen LogP contribution in [0.25, 0.3) is 0 Å². The van der Waals surface area contributed by atoms with E-state index in [9.17, 15) is 4.79 Å². The van der Waals surface area contributed by atoms with Gasteiger partial charge in [-0.1, -0.05) is 18.5 Å². The van der Waals surface area contributed by atoms with E-state index in [1.807, 2.05) is 0 Å². The van der Waals surface area contributed by atoms with E-state index in [1.165, 1.54) is 16.2 Å². The number of carbonyl (C=O) groups is 1. The van der Waals surface area contributed by atoms with Crippen molar-refractivity contribution in [1.82, 2.24) is 0 Å². The maximum Gasteiger partial charge on any atom is 0.338 e. The highest BCUT2D eigenvalue weighted by Gasteiger charge is 2.29. The lowest BCUT2D eigenvalue weighted by Crippen LogP contribution is -2.11. The second-order valence-corrected chi connectivity index (χ2v) is 5.60. The van der Waals surface area contributed by atoms with E-state index in [2.05, 4.69) is 6.92 Å². The molecule has 1 heterocycles. The molecule has 2 nitrogen and oxygen atoms in total. The summed E-state index contributed by atoms with van der Waals surface area (Å²) in [6.45, 7) is 2.11. The Balaban J connectivity index is 2.56. The molecule has 0 fully saturated rings. The first-order valence-electron chi connectivity index (χ1n) is 5.19. The summed E-state index contributed by atoms with van der Waals surface area (Å²) in [4.78, 5) is 12.3. The van der Waals surface area contributed by atoms with Gasteiger partial charge < -0.3 is 5.11 Å². The van der Waals surface area contributed by atoms with Crippen molar-refractivity contribution >= 4 is 28.9 Å². The highest BCUT2D eigenvalue weighted by molar-refractivity contribution is 7.16. The Morgan fingerprint density at radius 3 is 3.00 bits per heavy atom. The Hall–Kier alpha value is -0.540. The molecule has 0 spiro atoms. The third-order valence-corrected chi connectivity index (χ3v) is 4.52. The zero-order chi connectivity index (χ0) is 11.0. The van der Waals surface area contributed by atoms with E-state index < -0.39 is 5.97 Å². The Kier molecular flexibility index (Phi) is 3.03. The van der Waals surface area contributed by atoms with Crippen LogP contribution in [0.3, 0.4) is 0 Å². The zero-order valence-corrected chi connectivity index (χ0v) is 10.1. The normalized spacial score (nSPS) is 20.0. The summed E-state index contributed by atoms with van der Waals surface area (Å²) in [6.07, 6.45) is 4.24. The average molecular weight is 245 g/mol. The molecule has 82 valence electrons. The molecule has 1 atom stereocenters. The van der Waals surface area contributed by atoms with Gasteiger partial charge in [0.05, 0.1) is 5.56 Å². The minimum Gasteiger partial charge on any atom is -0.478 e. The molecule has 0 aromatic carbocycles. The summed E-state index contributed by atoms with van der Waals surface area (Å²) in [5.74, 6) is -0.485. The van der Waals surface area contributed by atoms with Crippen LogP contribution in [-0.4, -0.2) is 11.1 Å². The number of carboxylic acids is 1. The van der Waals surface area contributed by atoms with Crippen LogP contribution in [0.15, 0.2) is 0 Å². The van der Waals surface area contributed by atoms with Crippen molar-refractivity contribution in [1.29, 1.82) is 0 Å². The monoisotopic (exact) mass is 244 g/mol. The van der Waals surface area contributed by atoms with Crippen molar-refractivity contribution in [3.8, 4) is 0 Å². The molecule has 1 aliphatic rings. The first kappa shape index (κ1) is 11.0. The van der Waals surface area contributed by atoms with Crippen LogP contribution in [0.1, 0.15) is 52.9 Å². The topological polar surface area (TPSA) is 37.3 Å². The van der Waals surface area contributed by atoms with Crippen molar-refractivity contribution in [3.05, 3.63) is 20.3 Å². The minimum atomic E-state index is -0.877. The molecular weight excluding hydrogens is 232 g/mol. The first-order chi connectivity index (χ1) is 7.15. The molecule has 0 saturated heterocycles. The Bertz CT molecular complexity index is 398. The Morgan fingerprint density at radius 2 is 2.40 bits per heavy atom. The third kappa shape index (κ3) is 1.79. The van der Waals surface area contributed by atoms with E-state index in [-0.39, 0.29) is 0 Å². The Labute approximate surface area is 97.9 Å². The molecule has 1 aliphatic carbocycles. The molecule has 4 heteroatoms. The van der Waals surface area contributed by atoms with Gasteiger partial charge in [-0.3, -0.25) is 0 Å². The molecule has 15 heavy (non-hydrogen) atoms. The van der Waals surface area contributed by atoms with Gasteiger partial charge in [0.15, 0.2) is 0 Å². The largest absolute Gasteiger partial charge is 0.478 e. The molecule has 1 unspecified atom stereocenters. The van der Waals surface area contributed by atoms with E-state index in [4.69, 9.17) is 16.7 Å². The SMILES string of the molecule is CCC1CCCc2sc(Cl)c(C(=O)O)c21. The summed E-state index contributed by atoms with van der Waals surface area (Å²) in [5, 5.41) is 9.15. The smallest absolute Gasteiger partial charge is 0.338 e. The average Bonchev–Trinajstić information content (AvgIpc) is 2.53. The molecule has 0 aliphatic heterocycles. The number of fused-ring (bicyclic) bond motifs is 1. The lowest BCUT2D eigenvalue weighted by Gasteiger charge is -2.21. The fourth-order valence-electron chi connectivity index (χ4n) is 2.34. The first-order valence-corrected chi connectivity index (χ1v) is 6.39. The van der Waals surface area contributed by atoms with E-state index in [0.717, 1.165) is 31.2 Å². The second-order valence-electron chi connectivity index (χ2n) is 3.89. The Morgan fingerprint density at radius 1 is 1.67 bits per heavy atom. The van der Waals surface area contributed by atoms with E-state index in [0.29, 0.717) is 15.8 Å². The van der Waals surface area contributed by atoms with Crippen molar-refractivity contribution < 1.29 is 9.90 Å². The molecule has 0 bridgehead atoms. The highest BCUT2D eigenvalue weighted by atomic mass is 35.5. The number of aromatic carboxylic acids is 1. The van der Waals surface area contributed by atoms with Gasteiger partial charge in [-0.2, -0.15) is 0 Å². The van der Waals surface area contributed by atoms with E-state index >= 15 is 0 Å². The predicted octanol–water partition coefficient (Wildman–Crippen LogP) is 3.93. The van der Waals surface area contributed by atoms with Gasteiger partial charge in [0.25, 0.3) is 0 Å². The molecule has 0 radical (unpaired) electrons. The summed E-state index contributed by atoms with van der Waals surface area (Å²) in [7, 11) is 0. The number of carboxylic acid groups (broad SMARTS) is 1. The van der Waals surface area contributed by atoms with Gasteiger partial charge in [-0.05, 0) is 37.2 Å². The second kappa shape index (κ2) is 4.14. The zero-order valence-electron chi connectivity index (χ0n) is 8.55. The quantitative estimate of drug-likeness (QED) is 0.856. The van der Waals surface area contributed by atoms with Crippen LogP contribution in [0.2, 0.25) is 4.34 Å². The van der Waals surface area contributed by atoms with Gasteiger partial charge >= 0.3 is 5.97 Å². The van der Waals surface area contributed by atoms with Crippen LogP contribution in [-0.2, 0) is 6.42 Å². The maximum absolute atomic E-state index is 11.1. The van der Waals surface area contributed by atoms with Gasteiger partial charge in [-0.25, -0.2) is 4.79 Å². The molecule has 1 N–H and O–H groups in total. The lowest BCUT2D eigenvalue weighted by molar-refractivity contribution is 0.0695. The minimum absolute atomic E-state index is 0.364. The van der Waals surface area contributed by atoms with Crippen molar-refractivity contribution in [2.24, 2.45) is 0 Å². The van der Waals surface area contributed by atoms with Gasteiger partial charge in [-0.15, -0.1) is 11.3 Å². The summed E-state index contributed by atoms with van der Waals surface area (Å²) in [5.41, 5.74) is 1.38. The van der Waals surface area contributed by atoms with Crippen LogP contribution in [0.5, 0.6) is 0 Å². The van der Waals surface area contributed by atoms with Crippen LogP contribution in [0, 0.1) is 0 Å². The fraction of sp³-hybridized carbons (Fsp3) is 0.545. The van der Waals surface area contributed by atoms with Gasteiger partial charge in [0, 0.05) is 4.88 Å². The van der Waals surface area contributed by atoms with Gasteiger partial charge in [0.2, 0.25) is 0 Å². The summed E-state index contributed by atoms with van der Waals surface area (Å²) < 4.78 is 0.452. The molecule has 2 rings (SSSR count). The van der Waals surface area contributed by atoms with Crippen LogP contribution >= 0.6 is 22.9 Å². The molecular formula is C11H13ClO2S. The molecule has 1 aromatic heterocycles.